The van der Waals surface area contributed by atoms with Crippen LogP contribution in [0, 0.1) is 11.3 Å². The molecule has 2 amide bonds. The lowest BCUT2D eigenvalue weighted by Crippen LogP contribution is -2.50. The number of methoxy groups -OCH3 is 2. The van der Waals surface area contributed by atoms with Crippen LogP contribution < -0.4 is 15.8 Å². The summed E-state index contributed by atoms with van der Waals surface area (Å²) in [5.41, 5.74) is 1.08. The average molecular weight is 455 g/mol. The monoisotopic (exact) mass is 454 g/mol. The Morgan fingerprint density at radius 1 is 1.12 bits per heavy atom. The number of carbonyl (C=O) groups excluding carboxylic acids is 2. The summed E-state index contributed by atoms with van der Waals surface area (Å²) in [7, 11) is 3.40. The van der Waals surface area contributed by atoms with Gasteiger partial charge >= 0.3 is 0 Å². The third-order valence-electron chi connectivity index (χ3n) is 7.73. The Bertz CT molecular complexity index is 1130. The third kappa shape index (κ3) is 3.93. The summed E-state index contributed by atoms with van der Waals surface area (Å²) in [5, 5.41) is 7.80. The number of carbonyl (C=O) groups is 2. The summed E-state index contributed by atoms with van der Waals surface area (Å²) in [6.07, 6.45) is 6.47. The van der Waals surface area contributed by atoms with E-state index in [4.69, 9.17) is 9.47 Å². The van der Waals surface area contributed by atoms with Gasteiger partial charge in [-0.25, -0.2) is 4.68 Å². The van der Waals surface area contributed by atoms with Gasteiger partial charge in [-0.2, -0.15) is 5.10 Å². The minimum Gasteiger partial charge on any atom is -0.371 e. The fraction of sp³-hybridized carbons (Fsp3) is 0.583. The molecule has 9 heteroatoms. The summed E-state index contributed by atoms with van der Waals surface area (Å²) >= 11 is 0. The fourth-order valence-electron chi connectivity index (χ4n) is 5.85. The number of imide groups is 1. The van der Waals surface area contributed by atoms with Gasteiger partial charge in [-0.05, 0) is 49.7 Å². The van der Waals surface area contributed by atoms with E-state index in [1.54, 1.807) is 20.4 Å². The molecule has 3 fully saturated rings. The second-order valence-corrected chi connectivity index (χ2v) is 9.63. The Balaban J connectivity index is 1.32. The molecule has 1 atom stereocenters. The molecule has 1 N–H and O–H groups in total. The van der Waals surface area contributed by atoms with Crippen LogP contribution in [-0.4, -0.2) is 55.2 Å². The first-order chi connectivity index (χ1) is 15.9. The summed E-state index contributed by atoms with van der Waals surface area (Å²) < 4.78 is 12.1. The van der Waals surface area contributed by atoms with Gasteiger partial charge in [-0.3, -0.25) is 19.7 Å². The van der Waals surface area contributed by atoms with Gasteiger partial charge in [0.2, 0.25) is 5.91 Å². The van der Waals surface area contributed by atoms with Crippen molar-refractivity contribution < 1.29 is 19.1 Å². The van der Waals surface area contributed by atoms with Crippen LogP contribution in [0.4, 0.5) is 5.69 Å². The first-order valence-corrected chi connectivity index (χ1v) is 11.6. The molecule has 9 nitrogen and oxygen atoms in total. The number of amides is 2. The molecule has 1 saturated carbocycles. The van der Waals surface area contributed by atoms with Crippen LogP contribution in [-0.2, 0) is 19.1 Å². The zero-order valence-electron chi connectivity index (χ0n) is 19.1. The zero-order valence-corrected chi connectivity index (χ0v) is 19.1. The first-order valence-electron chi connectivity index (χ1n) is 11.6. The molecule has 3 heterocycles. The third-order valence-corrected chi connectivity index (χ3v) is 7.73. The molecule has 1 spiro atoms. The van der Waals surface area contributed by atoms with Gasteiger partial charge in [0.15, 0.2) is 6.29 Å². The lowest BCUT2D eigenvalue weighted by Gasteiger charge is -2.54. The molecule has 0 bridgehead atoms. The highest BCUT2D eigenvalue weighted by atomic mass is 16.7. The number of ether oxygens (including phenoxy) is 2. The number of rotatable bonds is 5. The van der Waals surface area contributed by atoms with Crippen LogP contribution in [0.25, 0.3) is 10.8 Å². The molecule has 176 valence electrons. The van der Waals surface area contributed by atoms with Crippen molar-refractivity contribution in [2.75, 3.05) is 32.2 Å². The van der Waals surface area contributed by atoms with Crippen molar-refractivity contribution in [2.24, 2.45) is 11.3 Å². The number of hydrogen-bond donors (Lipinski definition) is 1. The van der Waals surface area contributed by atoms with Crippen molar-refractivity contribution in [2.45, 2.75) is 50.9 Å². The highest BCUT2D eigenvalue weighted by Gasteiger charge is 2.48. The molecular formula is C24H30N4O5. The molecule has 33 heavy (non-hydrogen) atoms. The van der Waals surface area contributed by atoms with Crippen molar-refractivity contribution in [3.63, 3.8) is 0 Å². The lowest BCUT2D eigenvalue weighted by molar-refractivity contribution is -0.184. The molecule has 0 radical (unpaired) electrons. The van der Waals surface area contributed by atoms with Gasteiger partial charge in [-0.1, -0.05) is 6.07 Å². The summed E-state index contributed by atoms with van der Waals surface area (Å²) in [4.78, 5) is 39.2. The van der Waals surface area contributed by atoms with E-state index in [1.807, 2.05) is 18.2 Å². The van der Waals surface area contributed by atoms with E-state index < -0.39 is 11.9 Å². The van der Waals surface area contributed by atoms with Crippen molar-refractivity contribution in [3.8, 4) is 0 Å². The fourth-order valence-corrected chi connectivity index (χ4v) is 5.85. The molecule has 1 unspecified atom stereocenters. The van der Waals surface area contributed by atoms with Gasteiger partial charge in [0, 0.05) is 50.7 Å². The van der Waals surface area contributed by atoms with E-state index in [0.717, 1.165) is 49.8 Å². The summed E-state index contributed by atoms with van der Waals surface area (Å²) in [6.45, 7) is 1.88. The van der Waals surface area contributed by atoms with Gasteiger partial charge in [0.05, 0.1) is 11.6 Å². The number of piperidine rings is 2. The van der Waals surface area contributed by atoms with Crippen molar-refractivity contribution >= 4 is 28.3 Å². The van der Waals surface area contributed by atoms with Crippen LogP contribution in [0.15, 0.2) is 29.2 Å². The van der Waals surface area contributed by atoms with Crippen molar-refractivity contribution in [3.05, 3.63) is 34.7 Å². The van der Waals surface area contributed by atoms with Crippen LogP contribution >= 0.6 is 0 Å². The SMILES string of the molecule is COC(OC)C1CC2(CCN(c3ccc4cnn(C5CCC(=O)NC5=O)c(=O)c4c3)CC2)C1. The van der Waals surface area contributed by atoms with Gasteiger partial charge in [0.25, 0.3) is 11.5 Å². The molecule has 3 aliphatic rings. The number of nitrogens with one attached hydrogen (secondary N) is 1. The van der Waals surface area contributed by atoms with Gasteiger partial charge in [0.1, 0.15) is 6.04 Å². The van der Waals surface area contributed by atoms with Crippen LogP contribution in [0.5, 0.6) is 0 Å². The highest BCUT2D eigenvalue weighted by Crippen LogP contribution is 2.54. The van der Waals surface area contributed by atoms with Crippen molar-refractivity contribution in [1.82, 2.24) is 15.1 Å². The Morgan fingerprint density at radius 2 is 1.85 bits per heavy atom. The van der Waals surface area contributed by atoms with Crippen molar-refractivity contribution in [1.29, 1.82) is 0 Å². The van der Waals surface area contributed by atoms with Crippen LogP contribution in [0.3, 0.4) is 0 Å². The number of benzene rings is 1. The largest absolute Gasteiger partial charge is 0.371 e. The average Bonchev–Trinajstić information content (AvgIpc) is 2.80. The Kier molecular flexibility index (Phi) is 5.70. The molecule has 5 rings (SSSR count). The van der Waals surface area contributed by atoms with E-state index >= 15 is 0 Å². The van der Waals surface area contributed by atoms with E-state index in [0.29, 0.717) is 16.7 Å². The molecule has 1 aromatic heterocycles. The van der Waals surface area contributed by atoms with E-state index in [9.17, 15) is 14.4 Å². The Morgan fingerprint density at radius 3 is 2.52 bits per heavy atom. The standard InChI is InChI=1S/C24H30N4O5/c1-32-23(33-2)16-12-24(13-16)7-9-27(10-8-24)17-4-3-15-14-25-28(22(31)18(15)11-17)19-5-6-20(29)26-21(19)30/h3-4,11,14,16,19,23H,5-10,12-13H2,1-2H3,(H,26,29,30). The summed E-state index contributed by atoms with van der Waals surface area (Å²) in [5.74, 6) is -0.320. The second kappa shape index (κ2) is 8.53. The van der Waals surface area contributed by atoms with Crippen LogP contribution in [0.1, 0.15) is 44.6 Å². The predicted molar refractivity (Wildman–Crippen MR) is 122 cm³/mol. The molecule has 1 aliphatic carbocycles. The lowest BCUT2D eigenvalue weighted by atomic mass is 9.57. The normalized spacial score (nSPS) is 23.2. The molecular weight excluding hydrogens is 424 g/mol. The quantitative estimate of drug-likeness (QED) is 0.544. The Hall–Kier alpha value is -2.78. The minimum absolute atomic E-state index is 0.116. The maximum Gasteiger partial charge on any atom is 0.275 e. The molecule has 2 aromatic rings. The zero-order chi connectivity index (χ0) is 23.2. The predicted octanol–water partition coefficient (Wildman–Crippen LogP) is 1.99. The topological polar surface area (TPSA) is 103 Å². The molecule has 1 aromatic carbocycles. The van der Waals surface area contributed by atoms with Crippen LogP contribution in [0.2, 0.25) is 0 Å². The maximum absolute atomic E-state index is 13.2. The summed E-state index contributed by atoms with van der Waals surface area (Å²) in [6, 6.07) is 5.11. The first kappa shape index (κ1) is 22.0. The van der Waals surface area contributed by atoms with E-state index in [2.05, 4.69) is 15.3 Å². The second-order valence-electron chi connectivity index (χ2n) is 9.63. The van der Waals surface area contributed by atoms with E-state index in [1.165, 1.54) is 4.68 Å². The number of nitrogens with zero attached hydrogens (tertiary/aromatic N) is 3. The van der Waals surface area contributed by atoms with Gasteiger partial charge in [-0.15, -0.1) is 0 Å². The minimum atomic E-state index is -0.757. The number of aromatic nitrogens is 2. The van der Waals surface area contributed by atoms with Gasteiger partial charge < -0.3 is 14.4 Å². The highest BCUT2D eigenvalue weighted by molar-refractivity contribution is 5.99. The number of anilines is 1. The number of fused-ring (bicyclic) bond motifs is 1. The molecule has 2 saturated heterocycles. The smallest absolute Gasteiger partial charge is 0.275 e. The Labute approximate surface area is 192 Å². The molecule has 2 aliphatic heterocycles. The number of hydrogen-bond acceptors (Lipinski definition) is 7. The van der Waals surface area contributed by atoms with E-state index in [-0.39, 0.29) is 30.6 Å². The maximum atomic E-state index is 13.2.